The van der Waals surface area contributed by atoms with E-state index in [0.29, 0.717) is 0 Å². The van der Waals surface area contributed by atoms with Gasteiger partial charge in [0.05, 0.1) is 18.4 Å². The van der Waals surface area contributed by atoms with Gasteiger partial charge in [-0.1, -0.05) is 0 Å². The third-order valence-corrected chi connectivity index (χ3v) is 3.80. The van der Waals surface area contributed by atoms with Crippen LogP contribution in [0, 0.1) is 0 Å². The van der Waals surface area contributed by atoms with Crippen molar-refractivity contribution < 1.29 is 9.15 Å². The first kappa shape index (κ1) is 13.6. The molecule has 1 aliphatic rings. The maximum atomic E-state index is 5.62. The summed E-state index contributed by atoms with van der Waals surface area (Å²) in [7, 11) is 3.77. The fourth-order valence-electron chi connectivity index (χ4n) is 2.67. The van der Waals surface area contributed by atoms with Crippen LogP contribution in [0.15, 0.2) is 16.7 Å². The van der Waals surface area contributed by atoms with Crippen molar-refractivity contribution in [1.82, 2.24) is 10.2 Å². The van der Waals surface area contributed by atoms with Crippen molar-refractivity contribution in [3.05, 3.63) is 23.7 Å². The summed E-state index contributed by atoms with van der Waals surface area (Å²) in [5.74, 6) is 1.07. The van der Waals surface area contributed by atoms with Crippen molar-refractivity contribution in [2.45, 2.75) is 38.5 Å². The van der Waals surface area contributed by atoms with E-state index in [0.717, 1.165) is 38.4 Å². The number of piperidine rings is 1. The van der Waals surface area contributed by atoms with E-state index in [4.69, 9.17) is 9.15 Å². The lowest BCUT2D eigenvalue weighted by Gasteiger charge is -2.39. The molecule has 2 heterocycles. The van der Waals surface area contributed by atoms with Gasteiger partial charge >= 0.3 is 0 Å². The number of hydrogen-bond donors (Lipinski definition) is 1. The Labute approximate surface area is 109 Å². The smallest absolute Gasteiger partial charge is 0.122 e. The number of nitrogens with one attached hydrogen (secondary N) is 1. The van der Waals surface area contributed by atoms with Gasteiger partial charge in [0, 0.05) is 25.8 Å². The molecule has 1 saturated heterocycles. The minimum atomic E-state index is -0.00594. The highest BCUT2D eigenvalue weighted by atomic mass is 16.5. The predicted octanol–water partition coefficient (Wildman–Crippen LogP) is 2.00. The lowest BCUT2D eigenvalue weighted by Crippen LogP contribution is -2.46. The lowest BCUT2D eigenvalue weighted by molar-refractivity contribution is -0.0539. The van der Waals surface area contributed by atoms with Gasteiger partial charge in [-0.25, -0.2) is 0 Å². The Bertz CT molecular complexity index is 378. The Morgan fingerprint density at radius 2 is 2.39 bits per heavy atom. The van der Waals surface area contributed by atoms with E-state index >= 15 is 0 Å². The molecule has 1 atom stereocenters. The summed E-state index contributed by atoms with van der Waals surface area (Å²) in [5, 5.41) is 3.17. The molecule has 1 unspecified atom stereocenters. The third-order valence-electron chi connectivity index (χ3n) is 3.80. The van der Waals surface area contributed by atoms with Crippen molar-refractivity contribution >= 4 is 0 Å². The van der Waals surface area contributed by atoms with Crippen LogP contribution in [0.3, 0.4) is 0 Å². The molecular weight excluding hydrogens is 228 g/mol. The third kappa shape index (κ3) is 3.13. The van der Waals surface area contributed by atoms with Gasteiger partial charge in [0.25, 0.3) is 0 Å². The van der Waals surface area contributed by atoms with Crippen LogP contribution >= 0.6 is 0 Å². The van der Waals surface area contributed by atoms with E-state index in [1.54, 1.807) is 6.26 Å². The largest absolute Gasteiger partial charge is 0.468 e. The summed E-state index contributed by atoms with van der Waals surface area (Å²) >= 11 is 0. The minimum absolute atomic E-state index is 0.00594. The molecule has 0 saturated carbocycles. The van der Waals surface area contributed by atoms with Gasteiger partial charge in [0.1, 0.15) is 5.76 Å². The molecule has 0 aromatic carbocycles. The SMILES string of the molecule is CNCc1ccoc1CN1CCCC(C)(OC)C1. The fourth-order valence-corrected chi connectivity index (χ4v) is 2.67. The predicted molar refractivity (Wildman–Crippen MR) is 71.4 cm³/mol. The van der Waals surface area contributed by atoms with Crippen molar-refractivity contribution in [2.75, 3.05) is 27.2 Å². The van der Waals surface area contributed by atoms with Crippen molar-refractivity contribution in [3.8, 4) is 0 Å². The number of furan rings is 1. The fraction of sp³-hybridized carbons (Fsp3) is 0.714. The Morgan fingerprint density at radius 3 is 3.11 bits per heavy atom. The molecule has 1 aromatic rings. The summed E-state index contributed by atoms with van der Waals surface area (Å²) in [6.07, 6.45) is 4.11. The van der Waals surface area contributed by atoms with Gasteiger partial charge in [-0.05, 0) is 39.4 Å². The molecule has 0 aliphatic carbocycles. The molecule has 2 rings (SSSR count). The molecule has 0 bridgehead atoms. The molecule has 1 aromatic heterocycles. The highest BCUT2D eigenvalue weighted by molar-refractivity contribution is 5.16. The van der Waals surface area contributed by atoms with E-state index in [-0.39, 0.29) is 5.60 Å². The van der Waals surface area contributed by atoms with Crippen LogP contribution in [0.25, 0.3) is 0 Å². The second-order valence-electron chi connectivity index (χ2n) is 5.37. The van der Waals surface area contributed by atoms with Crippen molar-refractivity contribution in [3.63, 3.8) is 0 Å². The summed E-state index contributed by atoms with van der Waals surface area (Å²) in [6.45, 7) is 6.03. The number of ether oxygens (including phenoxy) is 1. The van der Waals surface area contributed by atoms with E-state index in [1.165, 1.54) is 12.0 Å². The second kappa shape index (κ2) is 5.87. The zero-order chi connectivity index (χ0) is 13.0. The first-order chi connectivity index (χ1) is 8.67. The van der Waals surface area contributed by atoms with Gasteiger partial charge in [0.2, 0.25) is 0 Å². The number of likely N-dealkylation sites (tertiary alicyclic amines) is 1. The molecule has 0 spiro atoms. The van der Waals surface area contributed by atoms with Crippen molar-refractivity contribution in [2.24, 2.45) is 0 Å². The van der Waals surface area contributed by atoms with Crippen LogP contribution in [-0.2, 0) is 17.8 Å². The maximum absolute atomic E-state index is 5.62. The molecule has 18 heavy (non-hydrogen) atoms. The topological polar surface area (TPSA) is 37.6 Å². The number of rotatable bonds is 5. The van der Waals surface area contributed by atoms with Crippen molar-refractivity contribution in [1.29, 1.82) is 0 Å². The van der Waals surface area contributed by atoms with E-state index in [2.05, 4.69) is 17.1 Å². The molecule has 4 heteroatoms. The number of methoxy groups -OCH3 is 1. The van der Waals surface area contributed by atoms with Gasteiger partial charge in [-0.3, -0.25) is 4.90 Å². The zero-order valence-corrected chi connectivity index (χ0v) is 11.7. The quantitative estimate of drug-likeness (QED) is 0.870. The summed E-state index contributed by atoms with van der Waals surface area (Å²) in [5.41, 5.74) is 1.25. The van der Waals surface area contributed by atoms with Crippen LogP contribution in [0.1, 0.15) is 31.1 Å². The first-order valence-electron chi connectivity index (χ1n) is 6.64. The minimum Gasteiger partial charge on any atom is -0.468 e. The van der Waals surface area contributed by atoms with Crippen LogP contribution in [0.4, 0.5) is 0 Å². The molecule has 4 nitrogen and oxygen atoms in total. The Balaban J connectivity index is 1.98. The lowest BCUT2D eigenvalue weighted by atomic mass is 9.94. The van der Waals surface area contributed by atoms with E-state index in [9.17, 15) is 0 Å². The highest BCUT2D eigenvalue weighted by Gasteiger charge is 2.31. The summed E-state index contributed by atoms with van der Waals surface area (Å²) < 4.78 is 11.2. The van der Waals surface area contributed by atoms with Gasteiger partial charge in [0.15, 0.2) is 0 Å². The van der Waals surface area contributed by atoms with Crippen LogP contribution < -0.4 is 5.32 Å². The maximum Gasteiger partial charge on any atom is 0.122 e. The van der Waals surface area contributed by atoms with Crippen LogP contribution in [0.2, 0.25) is 0 Å². The Morgan fingerprint density at radius 1 is 1.56 bits per heavy atom. The number of nitrogens with zero attached hydrogens (tertiary/aromatic N) is 1. The van der Waals surface area contributed by atoms with Gasteiger partial charge in [-0.2, -0.15) is 0 Å². The Hall–Kier alpha value is -0.840. The highest BCUT2D eigenvalue weighted by Crippen LogP contribution is 2.25. The molecular formula is C14H24N2O2. The normalized spacial score (nSPS) is 25.5. The van der Waals surface area contributed by atoms with E-state index in [1.807, 2.05) is 20.2 Å². The monoisotopic (exact) mass is 252 g/mol. The molecule has 0 amide bonds. The number of hydrogen-bond acceptors (Lipinski definition) is 4. The van der Waals surface area contributed by atoms with Gasteiger partial charge < -0.3 is 14.5 Å². The molecule has 0 radical (unpaired) electrons. The first-order valence-corrected chi connectivity index (χ1v) is 6.64. The Kier molecular flexibility index (Phi) is 4.43. The zero-order valence-electron chi connectivity index (χ0n) is 11.7. The van der Waals surface area contributed by atoms with Crippen LogP contribution in [0.5, 0.6) is 0 Å². The molecule has 1 aliphatic heterocycles. The molecule has 1 fully saturated rings. The second-order valence-corrected chi connectivity index (χ2v) is 5.37. The van der Waals surface area contributed by atoms with E-state index < -0.39 is 0 Å². The van der Waals surface area contributed by atoms with Crippen LogP contribution in [-0.4, -0.2) is 37.7 Å². The average molecular weight is 252 g/mol. The molecule has 102 valence electrons. The summed E-state index contributed by atoms with van der Waals surface area (Å²) in [4.78, 5) is 2.42. The molecule has 1 N–H and O–H groups in total. The van der Waals surface area contributed by atoms with Gasteiger partial charge in [-0.15, -0.1) is 0 Å². The standard InChI is InChI=1S/C14H24N2O2/c1-14(17-3)6-4-7-16(11-14)10-13-12(9-15-2)5-8-18-13/h5,8,15H,4,6-7,9-11H2,1-3H3. The summed E-state index contributed by atoms with van der Waals surface area (Å²) in [6, 6.07) is 2.05. The average Bonchev–Trinajstić information content (AvgIpc) is 2.77.